The molecule has 2 heterocycles. The molecule has 3 rings (SSSR count). The predicted octanol–water partition coefficient (Wildman–Crippen LogP) is 1.49. The largest absolute Gasteiger partial charge is 0.495 e. The van der Waals surface area contributed by atoms with Crippen molar-refractivity contribution in [1.29, 1.82) is 0 Å². The molecule has 0 radical (unpaired) electrons. The van der Waals surface area contributed by atoms with E-state index in [1.54, 1.807) is 7.11 Å². The minimum absolute atomic E-state index is 0.672. The topological polar surface area (TPSA) is 45.0 Å². The van der Waals surface area contributed by atoms with Gasteiger partial charge in [-0.25, -0.2) is 0 Å². The Balaban J connectivity index is 1.67. The molecule has 5 nitrogen and oxygen atoms in total. The molecule has 2 fully saturated rings. The van der Waals surface area contributed by atoms with Crippen LogP contribution in [0.4, 0.5) is 11.4 Å². The molecule has 0 aromatic heterocycles. The van der Waals surface area contributed by atoms with Crippen LogP contribution in [0.1, 0.15) is 12.8 Å². The predicted molar refractivity (Wildman–Crippen MR) is 91.7 cm³/mol. The van der Waals surface area contributed by atoms with Crippen LogP contribution in [0.2, 0.25) is 0 Å². The van der Waals surface area contributed by atoms with E-state index < -0.39 is 0 Å². The fourth-order valence-electron chi connectivity index (χ4n) is 3.57. The van der Waals surface area contributed by atoms with Crippen molar-refractivity contribution in [1.82, 2.24) is 9.80 Å². The summed E-state index contributed by atoms with van der Waals surface area (Å²) in [5.74, 6) is 0.777. The summed E-state index contributed by atoms with van der Waals surface area (Å²) in [6, 6.07) is 6.81. The molecule has 0 amide bonds. The third-order valence-electron chi connectivity index (χ3n) is 5.03. The first-order chi connectivity index (χ1) is 10.7. The van der Waals surface area contributed by atoms with Crippen LogP contribution >= 0.6 is 0 Å². The van der Waals surface area contributed by atoms with E-state index in [0.29, 0.717) is 11.7 Å². The van der Waals surface area contributed by atoms with Crippen LogP contribution < -0.4 is 15.4 Å². The van der Waals surface area contributed by atoms with Crippen molar-refractivity contribution in [3.05, 3.63) is 18.2 Å². The lowest BCUT2D eigenvalue weighted by molar-refractivity contribution is 0.102. The lowest BCUT2D eigenvalue weighted by atomic mass is 10.0. The lowest BCUT2D eigenvalue weighted by Crippen LogP contribution is -2.54. The number of nitrogen functional groups attached to an aromatic ring is 1. The van der Waals surface area contributed by atoms with Crippen molar-refractivity contribution in [2.24, 2.45) is 0 Å². The van der Waals surface area contributed by atoms with Gasteiger partial charge in [-0.15, -0.1) is 0 Å². The highest BCUT2D eigenvalue weighted by molar-refractivity contribution is 5.62. The van der Waals surface area contributed by atoms with Crippen molar-refractivity contribution in [2.75, 3.05) is 64.1 Å². The van der Waals surface area contributed by atoms with Gasteiger partial charge in [0, 0.05) is 57.1 Å². The van der Waals surface area contributed by atoms with E-state index in [1.807, 2.05) is 6.07 Å². The molecule has 0 saturated carbocycles. The van der Waals surface area contributed by atoms with Gasteiger partial charge >= 0.3 is 0 Å². The Morgan fingerprint density at radius 3 is 2.64 bits per heavy atom. The highest BCUT2D eigenvalue weighted by Gasteiger charge is 2.27. The Morgan fingerprint density at radius 2 is 1.91 bits per heavy atom. The normalized spacial score (nSPS) is 24.5. The van der Waals surface area contributed by atoms with Gasteiger partial charge in [0.25, 0.3) is 0 Å². The Kier molecular flexibility index (Phi) is 4.74. The Labute approximate surface area is 133 Å². The molecule has 2 saturated heterocycles. The van der Waals surface area contributed by atoms with Gasteiger partial charge in [-0.3, -0.25) is 4.90 Å². The summed E-state index contributed by atoms with van der Waals surface area (Å²) in [6.07, 6.45) is 2.57. The standard InChI is InChI=1S/C17H28N4O/c1-19-8-10-20(11-9-19)15-4-3-7-21(13-15)14-5-6-16(18)17(12-14)22-2/h5-6,12,15H,3-4,7-11,13,18H2,1-2H3. The summed E-state index contributed by atoms with van der Waals surface area (Å²) in [4.78, 5) is 7.57. The lowest BCUT2D eigenvalue weighted by Gasteiger charge is -2.43. The van der Waals surface area contributed by atoms with Crippen LogP contribution in [0.15, 0.2) is 18.2 Å². The van der Waals surface area contributed by atoms with E-state index in [4.69, 9.17) is 10.5 Å². The number of nitrogens with zero attached hydrogens (tertiary/aromatic N) is 3. The van der Waals surface area contributed by atoms with Gasteiger partial charge in [-0.1, -0.05) is 0 Å². The first kappa shape index (κ1) is 15.4. The summed E-state index contributed by atoms with van der Waals surface area (Å²) in [7, 11) is 3.89. The van der Waals surface area contributed by atoms with E-state index in [0.717, 1.165) is 18.8 Å². The van der Waals surface area contributed by atoms with Crippen LogP contribution in [-0.4, -0.2) is 69.3 Å². The molecule has 1 atom stereocenters. The first-order valence-electron chi connectivity index (χ1n) is 8.28. The number of piperazine rings is 1. The smallest absolute Gasteiger partial charge is 0.143 e. The quantitative estimate of drug-likeness (QED) is 0.857. The maximum Gasteiger partial charge on any atom is 0.143 e. The fourth-order valence-corrected chi connectivity index (χ4v) is 3.57. The van der Waals surface area contributed by atoms with Crippen LogP contribution in [0, 0.1) is 0 Å². The molecule has 5 heteroatoms. The number of anilines is 2. The van der Waals surface area contributed by atoms with Gasteiger partial charge < -0.3 is 20.3 Å². The summed E-state index contributed by atoms with van der Waals surface area (Å²) >= 11 is 0. The van der Waals surface area contributed by atoms with E-state index >= 15 is 0 Å². The zero-order valence-electron chi connectivity index (χ0n) is 13.8. The molecule has 1 unspecified atom stereocenters. The third-order valence-corrected chi connectivity index (χ3v) is 5.03. The monoisotopic (exact) mass is 304 g/mol. The molecular formula is C17H28N4O. The maximum atomic E-state index is 5.93. The summed E-state index contributed by atoms with van der Waals surface area (Å²) in [6.45, 7) is 6.99. The van der Waals surface area contributed by atoms with Crippen LogP contribution in [0.3, 0.4) is 0 Å². The molecule has 2 N–H and O–H groups in total. The Morgan fingerprint density at radius 1 is 1.14 bits per heavy atom. The molecule has 1 aromatic rings. The fraction of sp³-hybridized carbons (Fsp3) is 0.647. The highest BCUT2D eigenvalue weighted by Crippen LogP contribution is 2.30. The second-order valence-corrected chi connectivity index (χ2v) is 6.51. The number of likely N-dealkylation sites (N-methyl/N-ethyl adjacent to an activating group) is 1. The average Bonchev–Trinajstić information content (AvgIpc) is 2.56. The zero-order chi connectivity index (χ0) is 15.5. The zero-order valence-corrected chi connectivity index (χ0v) is 13.8. The van der Waals surface area contributed by atoms with Gasteiger partial charge in [0.15, 0.2) is 0 Å². The summed E-state index contributed by atoms with van der Waals surface area (Å²) in [5.41, 5.74) is 7.86. The summed E-state index contributed by atoms with van der Waals surface area (Å²) < 4.78 is 5.36. The number of hydrogen-bond donors (Lipinski definition) is 1. The van der Waals surface area contributed by atoms with Gasteiger partial charge in [-0.2, -0.15) is 0 Å². The molecule has 1 aromatic carbocycles. The van der Waals surface area contributed by atoms with Gasteiger partial charge in [0.05, 0.1) is 12.8 Å². The minimum Gasteiger partial charge on any atom is -0.495 e. The molecule has 0 spiro atoms. The first-order valence-corrected chi connectivity index (χ1v) is 8.28. The second kappa shape index (κ2) is 6.75. The van der Waals surface area contributed by atoms with E-state index in [-0.39, 0.29) is 0 Å². The van der Waals surface area contributed by atoms with E-state index in [2.05, 4.69) is 33.9 Å². The highest BCUT2D eigenvalue weighted by atomic mass is 16.5. The summed E-state index contributed by atoms with van der Waals surface area (Å²) in [5, 5.41) is 0. The van der Waals surface area contributed by atoms with Crippen molar-refractivity contribution >= 4 is 11.4 Å². The van der Waals surface area contributed by atoms with Crippen molar-refractivity contribution in [2.45, 2.75) is 18.9 Å². The number of piperidine rings is 1. The molecule has 2 aliphatic heterocycles. The van der Waals surface area contributed by atoms with E-state index in [1.165, 1.54) is 44.7 Å². The van der Waals surface area contributed by atoms with Crippen molar-refractivity contribution in [3.63, 3.8) is 0 Å². The Bertz CT molecular complexity index is 499. The van der Waals surface area contributed by atoms with Crippen LogP contribution in [0.25, 0.3) is 0 Å². The molecule has 2 aliphatic rings. The van der Waals surface area contributed by atoms with Crippen LogP contribution in [0.5, 0.6) is 5.75 Å². The molecular weight excluding hydrogens is 276 g/mol. The molecule has 0 aliphatic carbocycles. The SMILES string of the molecule is COc1cc(N2CCCC(N3CCN(C)CC3)C2)ccc1N. The number of benzene rings is 1. The van der Waals surface area contributed by atoms with Crippen LogP contribution in [-0.2, 0) is 0 Å². The molecule has 0 bridgehead atoms. The third kappa shape index (κ3) is 3.31. The number of rotatable bonds is 3. The number of nitrogens with two attached hydrogens (primary N) is 1. The average molecular weight is 304 g/mol. The van der Waals surface area contributed by atoms with Gasteiger partial charge in [0.1, 0.15) is 5.75 Å². The second-order valence-electron chi connectivity index (χ2n) is 6.51. The van der Waals surface area contributed by atoms with Crippen molar-refractivity contribution in [3.8, 4) is 5.75 Å². The number of ether oxygens (including phenoxy) is 1. The number of methoxy groups -OCH3 is 1. The number of hydrogen-bond acceptors (Lipinski definition) is 5. The van der Waals surface area contributed by atoms with Gasteiger partial charge in [-0.05, 0) is 32.0 Å². The van der Waals surface area contributed by atoms with Gasteiger partial charge in [0.2, 0.25) is 0 Å². The molecule has 122 valence electrons. The Hall–Kier alpha value is -1.46. The van der Waals surface area contributed by atoms with Crippen molar-refractivity contribution < 1.29 is 4.74 Å². The maximum absolute atomic E-state index is 5.93. The van der Waals surface area contributed by atoms with E-state index in [9.17, 15) is 0 Å². The molecule has 22 heavy (non-hydrogen) atoms. The minimum atomic E-state index is 0.672.